The van der Waals surface area contributed by atoms with Gasteiger partial charge in [-0.25, -0.2) is 4.79 Å². The highest BCUT2D eigenvalue weighted by Gasteiger charge is 2.29. The standard InChI is InChI=1S/C19H22N4O7/c1-28-12-5-15(25)13(8-24)16(6-12)29-9-18(26)21-17-7-14(22-23-17)10-2-3-11(4-10)30-19(20)27/h5-8,10-11,25H,2-4,9H2,1H3,(H2,20,27)(H2,21,22,23,26)/t10-,11+/m0/s1. The normalized spacial score (nSPS) is 17.9. The number of aldehydes is 1. The molecule has 30 heavy (non-hydrogen) atoms. The topological polar surface area (TPSA) is 166 Å². The second-order valence-corrected chi connectivity index (χ2v) is 6.79. The molecular weight excluding hydrogens is 396 g/mol. The molecule has 0 unspecified atom stereocenters. The van der Waals surface area contributed by atoms with E-state index in [1.165, 1.54) is 19.2 Å². The van der Waals surface area contributed by atoms with E-state index in [4.69, 9.17) is 19.9 Å². The zero-order valence-corrected chi connectivity index (χ0v) is 16.2. The van der Waals surface area contributed by atoms with Crippen molar-refractivity contribution >= 4 is 24.1 Å². The van der Waals surface area contributed by atoms with Gasteiger partial charge >= 0.3 is 6.09 Å². The van der Waals surface area contributed by atoms with Crippen molar-refractivity contribution in [3.63, 3.8) is 0 Å². The molecule has 2 atom stereocenters. The number of aromatic hydroxyl groups is 1. The number of anilines is 1. The van der Waals surface area contributed by atoms with Crippen LogP contribution in [0, 0.1) is 0 Å². The first-order valence-corrected chi connectivity index (χ1v) is 9.19. The summed E-state index contributed by atoms with van der Waals surface area (Å²) in [5.41, 5.74) is 5.77. The molecule has 0 bridgehead atoms. The number of H-pyrrole nitrogens is 1. The maximum atomic E-state index is 12.2. The van der Waals surface area contributed by atoms with Gasteiger partial charge in [0.1, 0.15) is 23.4 Å². The highest BCUT2D eigenvalue weighted by molar-refractivity contribution is 5.91. The number of hydrogen-bond acceptors (Lipinski definition) is 8. The van der Waals surface area contributed by atoms with E-state index in [1.807, 2.05) is 0 Å². The number of primary amides is 1. The minimum absolute atomic E-state index is 0.0196. The number of benzene rings is 1. The molecule has 11 nitrogen and oxygen atoms in total. The fourth-order valence-corrected chi connectivity index (χ4v) is 3.37. The third-order valence-electron chi connectivity index (χ3n) is 4.78. The smallest absolute Gasteiger partial charge is 0.404 e. The van der Waals surface area contributed by atoms with Crippen LogP contribution in [0.5, 0.6) is 17.2 Å². The van der Waals surface area contributed by atoms with Crippen LogP contribution in [0.15, 0.2) is 18.2 Å². The number of aromatic amines is 1. The van der Waals surface area contributed by atoms with Gasteiger partial charge in [0.15, 0.2) is 18.7 Å². The number of nitrogens with two attached hydrogens (primary N) is 1. The van der Waals surface area contributed by atoms with E-state index >= 15 is 0 Å². The molecule has 2 aromatic rings. The van der Waals surface area contributed by atoms with Crippen molar-refractivity contribution in [2.75, 3.05) is 19.0 Å². The lowest BCUT2D eigenvalue weighted by Gasteiger charge is -2.11. The molecule has 5 N–H and O–H groups in total. The van der Waals surface area contributed by atoms with Crippen molar-refractivity contribution in [3.05, 3.63) is 29.5 Å². The van der Waals surface area contributed by atoms with Crippen molar-refractivity contribution < 1.29 is 33.7 Å². The van der Waals surface area contributed by atoms with Crippen molar-refractivity contribution in [1.82, 2.24) is 10.2 Å². The molecular formula is C19H22N4O7. The number of carbonyl (C=O) groups is 3. The van der Waals surface area contributed by atoms with Gasteiger partial charge in [0.2, 0.25) is 0 Å². The third-order valence-corrected chi connectivity index (χ3v) is 4.78. The molecule has 0 spiro atoms. The van der Waals surface area contributed by atoms with E-state index in [0.29, 0.717) is 24.9 Å². The van der Waals surface area contributed by atoms with E-state index in [1.54, 1.807) is 6.07 Å². The number of phenols is 1. The lowest BCUT2D eigenvalue weighted by atomic mass is 10.0. The van der Waals surface area contributed by atoms with Gasteiger partial charge in [-0.2, -0.15) is 5.10 Å². The van der Waals surface area contributed by atoms with Crippen LogP contribution in [0.4, 0.5) is 10.6 Å². The highest BCUT2D eigenvalue weighted by Crippen LogP contribution is 2.36. The molecule has 1 fully saturated rings. The van der Waals surface area contributed by atoms with Crippen LogP contribution in [0.1, 0.15) is 41.2 Å². The molecule has 1 heterocycles. The Kier molecular flexibility index (Phi) is 6.40. The molecule has 1 aliphatic carbocycles. The molecule has 1 aromatic heterocycles. The Balaban J connectivity index is 1.56. The lowest BCUT2D eigenvalue weighted by molar-refractivity contribution is -0.118. The maximum Gasteiger partial charge on any atom is 0.404 e. The molecule has 0 saturated heterocycles. The highest BCUT2D eigenvalue weighted by atomic mass is 16.6. The number of nitrogens with one attached hydrogen (secondary N) is 2. The van der Waals surface area contributed by atoms with Gasteiger partial charge in [-0.05, 0) is 19.3 Å². The second kappa shape index (κ2) is 9.16. The predicted octanol–water partition coefficient (Wildman–Crippen LogP) is 1.69. The quantitative estimate of drug-likeness (QED) is 0.470. The van der Waals surface area contributed by atoms with Gasteiger partial charge in [0.25, 0.3) is 5.91 Å². The zero-order chi connectivity index (χ0) is 21.7. The molecule has 11 heteroatoms. The van der Waals surface area contributed by atoms with Gasteiger partial charge in [-0.1, -0.05) is 0 Å². The number of ether oxygens (including phenoxy) is 3. The Labute approximate surface area is 171 Å². The number of aromatic nitrogens is 2. The second-order valence-electron chi connectivity index (χ2n) is 6.79. The van der Waals surface area contributed by atoms with E-state index in [-0.39, 0.29) is 34.8 Å². The first kappa shape index (κ1) is 21.0. The zero-order valence-electron chi connectivity index (χ0n) is 16.2. The number of carbonyl (C=O) groups excluding carboxylic acids is 3. The van der Waals surface area contributed by atoms with Gasteiger partial charge < -0.3 is 30.4 Å². The van der Waals surface area contributed by atoms with Crippen LogP contribution < -0.4 is 20.5 Å². The van der Waals surface area contributed by atoms with Gasteiger partial charge in [-0.3, -0.25) is 14.7 Å². The van der Waals surface area contributed by atoms with Crippen LogP contribution >= 0.6 is 0 Å². The third kappa shape index (κ3) is 4.99. The average molecular weight is 418 g/mol. The summed E-state index contributed by atoms with van der Waals surface area (Å²) < 4.78 is 15.4. The summed E-state index contributed by atoms with van der Waals surface area (Å²) in [5, 5.41) is 19.3. The fraction of sp³-hybridized carbons (Fsp3) is 0.368. The van der Waals surface area contributed by atoms with Crippen LogP contribution in [0.3, 0.4) is 0 Å². The van der Waals surface area contributed by atoms with Gasteiger partial charge in [0, 0.05) is 29.8 Å². The minimum Gasteiger partial charge on any atom is -0.507 e. The molecule has 2 amide bonds. The van der Waals surface area contributed by atoms with Crippen LogP contribution in [0.25, 0.3) is 0 Å². The average Bonchev–Trinajstić information content (AvgIpc) is 3.34. The molecule has 1 aromatic carbocycles. The van der Waals surface area contributed by atoms with E-state index in [2.05, 4.69) is 15.5 Å². The molecule has 160 valence electrons. The fourth-order valence-electron chi connectivity index (χ4n) is 3.37. The van der Waals surface area contributed by atoms with Crippen LogP contribution in [0.2, 0.25) is 0 Å². The number of methoxy groups -OCH3 is 1. The van der Waals surface area contributed by atoms with Crippen molar-refractivity contribution in [3.8, 4) is 17.2 Å². The number of hydrogen-bond donors (Lipinski definition) is 4. The van der Waals surface area contributed by atoms with Gasteiger partial charge in [-0.15, -0.1) is 0 Å². The SMILES string of the molecule is COc1cc(O)c(C=O)c(OCC(=O)Nc2cc([C@H]3CC[C@@H](OC(N)=O)C3)[nH]n2)c1. The summed E-state index contributed by atoms with van der Waals surface area (Å²) in [6, 6.07) is 4.36. The first-order valence-electron chi connectivity index (χ1n) is 9.19. The Morgan fingerprint density at radius 2 is 2.17 bits per heavy atom. The Hall–Kier alpha value is -3.76. The number of phenolic OH excluding ortho intramolecular Hbond substituents is 1. The maximum absolute atomic E-state index is 12.2. The minimum atomic E-state index is -0.791. The first-order chi connectivity index (χ1) is 14.4. The molecule has 3 rings (SSSR count). The monoisotopic (exact) mass is 418 g/mol. The number of nitrogens with zero attached hydrogens (tertiary/aromatic N) is 1. The largest absolute Gasteiger partial charge is 0.507 e. The summed E-state index contributed by atoms with van der Waals surface area (Å²) in [6.07, 6.45) is 1.53. The Morgan fingerprint density at radius 3 is 2.87 bits per heavy atom. The van der Waals surface area contributed by atoms with Gasteiger partial charge in [0.05, 0.1) is 12.7 Å². The summed E-state index contributed by atoms with van der Waals surface area (Å²) >= 11 is 0. The lowest BCUT2D eigenvalue weighted by Crippen LogP contribution is -2.20. The predicted molar refractivity (Wildman–Crippen MR) is 104 cm³/mol. The summed E-state index contributed by atoms with van der Waals surface area (Å²) in [7, 11) is 1.40. The number of amides is 2. The Morgan fingerprint density at radius 1 is 1.37 bits per heavy atom. The molecule has 0 radical (unpaired) electrons. The van der Waals surface area contributed by atoms with Crippen molar-refractivity contribution in [2.45, 2.75) is 31.3 Å². The van der Waals surface area contributed by atoms with E-state index < -0.39 is 18.6 Å². The van der Waals surface area contributed by atoms with Crippen LogP contribution in [-0.4, -0.2) is 53.4 Å². The van der Waals surface area contributed by atoms with Crippen LogP contribution in [-0.2, 0) is 9.53 Å². The summed E-state index contributed by atoms with van der Waals surface area (Å²) in [5.74, 6) is -0.104. The van der Waals surface area contributed by atoms with Crippen molar-refractivity contribution in [1.29, 1.82) is 0 Å². The molecule has 0 aliphatic heterocycles. The number of rotatable bonds is 8. The summed E-state index contributed by atoms with van der Waals surface area (Å²) in [6.45, 7) is -0.409. The molecule has 1 saturated carbocycles. The van der Waals surface area contributed by atoms with E-state index in [0.717, 1.165) is 12.1 Å². The summed E-state index contributed by atoms with van der Waals surface area (Å²) in [4.78, 5) is 34.2. The van der Waals surface area contributed by atoms with E-state index in [9.17, 15) is 19.5 Å². The Bertz CT molecular complexity index is 943. The van der Waals surface area contributed by atoms with Crippen molar-refractivity contribution in [2.24, 2.45) is 5.73 Å². The molecule has 1 aliphatic rings.